The van der Waals surface area contributed by atoms with Crippen molar-refractivity contribution in [1.82, 2.24) is 14.8 Å². The molecule has 2 heterocycles. The number of nitrogens with two attached hydrogens (primary N) is 1. The van der Waals surface area contributed by atoms with E-state index in [1.807, 2.05) is 13.8 Å². The van der Waals surface area contributed by atoms with Gasteiger partial charge in [0.1, 0.15) is 19.0 Å². The summed E-state index contributed by atoms with van der Waals surface area (Å²) >= 11 is 0. The summed E-state index contributed by atoms with van der Waals surface area (Å²) in [6.45, 7) is 4.89. The first-order valence-electron chi connectivity index (χ1n) is 9.20. The normalized spacial score (nSPS) is 12.7. The van der Waals surface area contributed by atoms with Crippen LogP contribution in [0, 0.1) is 0 Å². The summed E-state index contributed by atoms with van der Waals surface area (Å²) in [5, 5.41) is 7.20. The van der Waals surface area contributed by atoms with Crippen LogP contribution in [0.4, 0.5) is 17.6 Å². The van der Waals surface area contributed by atoms with Gasteiger partial charge in [0, 0.05) is 17.3 Å². The van der Waals surface area contributed by atoms with E-state index in [0.29, 0.717) is 41.7 Å². The zero-order valence-corrected chi connectivity index (χ0v) is 16.1. The number of aromatic nitrogens is 3. The van der Waals surface area contributed by atoms with Gasteiger partial charge in [-0.3, -0.25) is 4.79 Å². The third-order valence-corrected chi connectivity index (χ3v) is 4.10. The fraction of sp³-hybridized carbons (Fsp3) is 0.250. The molecule has 0 spiro atoms. The van der Waals surface area contributed by atoms with E-state index in [9.17, 15) is 4.79 Å². The standard InChI is InChI=1S/C20H21N5O4/c1-12(2)29-15-6-3-13(4-7-15)18(26)25-19(21)23-20(24-25)22-14-5-8-16-17(11-14)28-10-9-27-16/h3-8,11-12H,9-10H2,1-2H3,(H3,21,22,23,24). The van der Waals surface area contributed by atoms with Gasteiger partial charge in [0.05, 0.1) is 6.10 Å². The Morgan fingerprint density at radius 1 is 1.14 bits per heavy atom. The van der Waals surface area contributed by atoms with Gasteiger partial charge in [-0.05, 0) is 50.2 Å². The van der Waals surface area contributed by atoms with E-state index in [1.54, 1.807) is 42.5 Å². The number of carbonyl (C=O) groups excluding carboxylic acids is 1. The summed E-state index contributed by atoms with van der Waals surface area (Å²) in [6.07, 6.45) is 0.0525. The van der Waals surface area contributed by atoms with Gasteiger partial charge in [0.2, 0.25) is 11.9 Å². The maximum Gasteiger partial charge on any atom is 0.281 e. The monoisotopic (exact) mass is 395 g/mol. The van der Waals surface area contributed by atoms with Crippen LogP contribution in [0.2, 0.25) is 0 Å². The number of rotatable bonds is 5. The Morgan fingerprint density at radius 2 is 1.86 bits per heavy atom. The van der Waals surface area contributed by atoms with Crippen LogP contribution in [0.3, 0.4) is 0 Å². The molecule has 29 heavy (non-hydrogen) atoms. The van der Waals surface area contributed by atoms with Crippen molar-refractivity contribution >= 4 is 23.5 Å². The lowest BCUT2D eigenvalue weighted by Gasteiger charge is -2.18. The number of nitrogens with zero attached hydrogens (tertiary/aromatic N) is 3. The summed E-state index contributed by atoms with van der Waals surface area (Å²) in [5.41, 5.74) is 7.01. The summed E-state index contributed by atoms with van der Waals surface area (Å²) in [6, 6.07) is 12.2. The molecule has 2 aromatic carbocycles. The third kappa shape index (κ3) is 4.08. The number of hydrogen-bond acceptors (Lipinski definition) is 8. The lowest BCUT2D eigenvalue weighted by Crippen LogP contribution is -2.16. The van der Waals surface area contributed by atoms with Gasteiger partial charge >= 0.3 is 0 Å². The molecule has 0 amide bonds. The molecule has 3 N–H and O–H groups in total. The fourth-order valence-corrected chi connectivity index (χ4v) is 2.85. The lowest BCUT2D eigenvalue weighted by atomic mass is 10.2. The van der Waals surface area contributed by atoms with Crippen molar-refractivity contribution in [2.75, 3.05) is 24.3 Å². The molecule has 0 saturated carbocycles. The van der Waals surface area contributed by atoms with E-state index < -0.39 is 0 Å². The van der Waals surface area contributed by atoms with Gasteiger partial charge in [0.15, 0.2) is 11.5 Å². The molecule has 150 valence electrons. The lowest BCUT2D eigenvalue weighted by molar-refractivity contribution is 0.0948. The van der Waals surface area contributed by atoms with Crippen molar-refractivity contribution in [2.45, 2.75) is 20.0 Å². The molecule has 1 aliphatic rings. The molecule has 0 saturated heterocycles. The van der Waals surface area contributed by atoms with E-state index in [1.165, 1.54) is 0 Å². The molecule has 4 rings (SSSR count). The molecule has 9 heteroatoms. The fourth-order valence-electron chi connectivity index (χ4n) is 2.85. The molecule has 0 radical (unpaired) electrons. The van der Waals surface area contributed by atoms with E-state index >= 15 is 0 Å². The molecule has 0 atom stereocenters. The molecule has 9 nitrogen and oxygen atoms in total. The largest absolute Gasteiger partial charge is 0.491 e. The first-order valence-corrected chi connectivity index (χ1v) is 9.20. The maximum atomic E-state index is 12.7. The predicted octanol–water partition coefficient (Wildman–Crippen LogP) is 2.85. The number of ether oxygens (including phenoxy) is 3. The Hall–Kier alpha value is -3.75. The third-order valence-electron chi connectivity index (χ3n) is 4.10. The van der Waals surface area contributed by atoms with Crippen molar-refractivity contribution in [2.24, 2.45) is 0 Å². The molecule has 0 unspecified atom stereocenters. The smallest absolute Gasteiger partial charge is 0.281 e. The second kappa shape index (κ2) is 7.70. The molecule has 1 aromatic heterocycles. The molecule has 0 bridgehead atoms. The van der Waals surface area contributed by atoms with E-state index in [0.717, 1.165) is 4.68 Å². The number of hydrogen-bond donors (Lipinski definition) is 2. The summed E-state index contributed by atoms with van der Waals surface area (Å²) in [7, 11) is 0. The zero-order valence-electron chi connectivity index (χ0n) is 16.1. The highest BCUT2D eigenvalue weighted by Gasteiger charge is 2.17. The van der Waals surface area contributed by atoms with Crippen LogP contribution in [0.15, 0.2) is 42.5 Å². The molecule has 0 fully saturated rings. The highest BCUT2D eigenvalue weighted by Crippen LogP contribution is 2.33. The highest BCUT2D eigenvalue weighted by molar-refractivity contribution is 5.97. The summed E-state index contributed by atoms with van der Waals surface area (Å²) in [4.78, 5) is 16.9. The summed E-state index contributed by atoms with van der Waals surface area (Å²) < 4.78 is 17.7. The molecule has 3 aromatic rings. The van der Waals surface area contributed by atoms with Gasteiger partial charge in [-0.2, -0.15) is 9.67 Å². The Labute approximate surface area is 167 Å². The second-order valence-electron chi connectivity index (χ2n) is 6.68. The van der Waals surface area contributed by atoms with E-state index in [-0.39, 0.29) is 23.9 Å². The quantitative estimate of drug-likeness (QED) is 0.678. The SMILES string of the molecule is CC(C)Oc1ccc(C(=O)n2nc(Nc3ccc4c(c3)OCCO4)nc2N)cc1. The van der Waals surface area contributed by atoms with Crippen molar-refractivity contribution in [3.8, 4) is 17.2 Å². The van der Waals surface area contributed by atoms with E-state index in [2.05, 4.69) is 15.4 Å². The maximum absolute atomic E-state index is 12.7. The van der Waals surface area contributed by atoms with Gasteiger partial charge in [0.25, 0.3) is 5.91 Å². The zero-order chi connectivity index (χ0) is 20.4. The summed E-state index contributed by atoms with van der Waals surface area (Å²) in [5.74, 6) is 1.79. The number of nitrogens with one attached hydrogen (secondary N) is 1. The number of nitrogen functional groups attached to an aromatic ring is 1. The number of anilines is 3. The minimum Gasteiger partial charge on any atom is -0.491 e. The number of benzene rings is 2. The average Bonchev–Trinajstić information content (AvgIpc) is 3.07. The first-order chi connectivity index (χ1) is 14.0. The Morgan fingerprint density at radius 3 is 2.59 bits per heavy atom. The van der Waals surface area contributed by atoms with Crippen LogP contribution < -0.4 is 25.3 Å². The van der Waals surface area contributed by atoms with Crippen LogP contribution in [0.25, 0.3) is 0 Å². The Balaban J connectivity index is 1.51. The highest BCUT2D eigenvalue weighted by atomic mass is 16.6. The van der Waals surface area contributed by atoms with Crippen molar-refractivity contribution in [1.29, 1.82) is 0 Å². The van der Waals surface area contributed by atoms with Gasteiger partial charge in [-0.15, -0.1) is 5.10 Å². The number of fused-ring (bicyclic) bond motifs is 1. The van der Waals surface area contributed by atoms with Crippen molar-refractivity contribution in [3.05, 3.63) is 48.0 Å². The van der Waals surface area contributed by atoms with Gasteiger partial charge in [-0.1, -0.05) is 0 Å². The molecular weight excluding hydrogens is 374 g/mol. The van der Waals surface area contributed by atoms with Crippen LogP contribution in [-0.2, 0) is 0 Å². The predicted molar refractivity (Wildman–Crippen MR) is 107 cm³/mol. The van der Waals surface area contributed by atoms with Gasteiger partial charge in [-0.25, -0.2) is 0 Å². The van der Waals surface area contributed by atoms with Crippen LogP contribution in [0.1, 0.15) is 24.2 Å². The topological polar surface area (TPSA) is 114 Å². The molecular formula is C20H21N5O4. The van der Waals surface area contributed by atoms with Crippen molar-refractivity contribution in [3.63, 3.8) is 0 Å². The van der Waals surface area contributed by atoms with Crippen LogP contribution >= 0.6 is 0 Å². The van der Waals surface area contributed by atoms with E-state index in [4.69, 9.17) is 19.9 Å². The Kier molecular flexibility index (Phi) is 4.94. The minimum atomic E-state index is -0.388. The van der Waals surface area contributed by atoms with Gasteiger partial charge < -0.3 is 25.3 Å². The second-order valence-corrected chi connectivity index (χ2v) is 6.68. The number of carbonyl (C=O) groups is 1. The Bertz CT molecular complexity index is 1030. The molecule has 1 aliphatic heterocycles. The van der Waals surface area contributed by atoms with Crippen LogP contribution in [-0.4, -0.2) is 40.0 Å². The molecule has 0 aliphatic carbocycles. The minimum absolute atomic E-state index is 0.0162. The van der Waals surface area contributed by atoms with Crippen LogP contribution in [0.5, 0.6) is 17.2 Å². The van der Waals surface area contributed by atoms with Crippen molar-refractivity contribution < 1.29 is 19.0 Å². The average molecular weight is 395 g/mol. The first kappa shape index (κ1) is 18.6.